The van der Waals surface area contributed by atoms with Crippen molar-refractivity contribution in [2.24, 2.45) is 5.73 Å². The number of halogens is 4. The Morgan fingerprint density at radius 3 is 2.52 bits per heavy atom. The summed E-state index contributed by atoms with van der Waals surface area (Å²) in [6.45, 7) is 0. The molecule has 10 heteroatoms. The first-order valence-corrected chi connectivity index (χ1v) is 10.6. The normalized spacial score (nSPS) is 21.2. The van der Waals surface area contributed by atoms with E-state index in [1.165, 1.54) is 22.6 Å². The largest absolute Gasteiger partial charge is 0.434 e. The Hall–Kier alpha value is -3.14. The fourth-order valence-corrected chi connectivity index (χ4v) is 4.21. The maximum absolute atomic E-state index is 14.6. The number of hydrogen-bond donors (Lipinski definition) is 2. The number of aromatic nitrogens is 2. The molecule has 0 spiro atoms. The van der Waals surface area contributed by atoms with Crippen molar-refractivity contribution < 1.29 is 22.4 Å². The summed E-state index contributed by atoms with van der Waals surface area (Å²) in [5, 5.41) is 3.25. The minimum absolute atomic E-state index is 0.0302. The molecule has 0 saturated heterocycles. The Morgan fingerprint density at radius 2 is 1.91 bits per heavy atom. The molecule has 0 aliphatic heterocycles. The van der Waals surface area contributed by atoms with Gasteiger partial charge < -0.3 is 16.0 Å². The zero-order valence-corrected chi connectivity index (χ0v) is 18.3. The lowest BCUT2D eigenvalue weighted by atomic mass is 9.75. The number of hydrogen-bond acceptors (Lipinski definition) is 5. The predicted octanol–water partition coefficient (Wildman–Crippen LogP) is 4.49. The average Bonchev–Trinajstić information content (AvgIpc) is 3.21. The first-order valence-electron chi connectivity index (χ1n) is 10.6. The number of benzene rings is 1. The van der Waals surface area contributed by atoms with Crippen LogP contribution < -0.4 is 16.0 Å². The van der Waals surface area contributed by atoms with Gasteiger partial charge in [-0.1, -0.05) is 6.07 Å². The fraction of sp³-hybridized carbons (Fsp3) is 0.391. The van der Waals surface area contributed by atoms with Gasteiger partial charge in [-0.3, -0.25) is 9.20 Å². The van der Waals surface area contributed by atoms with Crippen LogP contribution in [-0.2, 0) is 6.18 Å². The summed E-state index contributed by atoms with van der Waals surface area (Å²) in [4.78, 5) is 18.4. The topological polar surface area (TPSA) is 75.7 Å². The number of fused-ring (bicyclic) bond motifs is 1. The molecule has 1 aromatic carbocycles. The van der Waals surface area contributed by atoms with Crippen molar-refractivity contribution in [2.45, 2.75) is 43.4 Å². The molecule has 6 nitrogen and oxygen atoms in total. The molecule has 3 aromatic rings. The van der Waals surface area contributed by atoms with E-state index < -0.39 is 29.0 Å². The Morgan fingerprint density at radius 1 is 1.21 bits per heavy atom. The molecule has 3 N–H and O–H groups in total. The SMILES string of the molecule is CN(C)c1ccc(C(=O)C2(N)CCC(Nc3cccc4nc(C(F)(F)F)cn34)CC2)c(F)c1. The molecule has 176 valence electrons. The lowest BCUT2D eigenvalue weighted by Gasteiger charge is -2.36. The number of carbonyl (C=O) groups is 1. The number of nitrogens with zero attached hydrogens (tertiary/aromatic N) is 3. The highest BCUT2D eigenvalue weighted by Crippen LogP contribution is 2.33. The van der Waals surface area contributed by atoms with Gasteiger partial charge in [-0.25, -0.2) is 9.37 Å². The van der Waals surface area contributed by atoms with Gasteiger partial charge in [0.1, 0.15) is 17.3 Å². The first kappa shape index (κ1) is 23.0. The molecule has 0 unspecified atom stereocenters. The van der Waals surface area contributed by atoms with Crippen LogP contribution in [-0.4, -0.2) is 40.8 Å². The quantitative estimate of drug-likeness (QED) is 0.431. The third-order valence-corrected chi connectivity index (χ3v) is 6.18. The van der Waals surface area contributed by atoms with E-state index in [1.54, 1.807) is 37.2 Å². The van der Waals surface area contributed by atoms with Crippen molar-refractivity contribution in [1.82, 2.24) is 9.38 Å². The second-order valence-corrected chi connectivity index (χ2v) is 8.73. The lowest BCUT2D eigenvalue weighted by Crippen LogP contribution is -2.52. The second kappa shape index (κ2) is 8.33. The minimum atomic E-state index is -4.53. The highest BCUT2D eigenvalue weighted by molar-refractivity contribution is 6.03. The molecule has 4 rings (SSSR count). The standard InChI is InChI=1S/C23H25F4N5O/c1-31(2)15-6-7-16(17(24)12-15)21(33)22(28)10-8-14(9-11-22)29-19-4-3-5-20-30-18(13-32(19)20)23(25,26)27/h3-7,12-14,29H,8-11,28H2,1-2H3. The molecule has 0 bridgehead atoms. The summed E-state index contributed by atoms with van der Waals surface area (Å²) in [5.74, 6) is -0.569. The van der Waals surface area contributed by atoms with Crippen LogP contribution in [0.2, 0.25) is 0 Å². The molecule has 1 aliphatic carbocycles. The average molecular weight is 463 g/mol. The molecular weight excluding hydrogens is 438 g/mol. The van der Waals surface area contributed by atoms with E-state index >= 15 is 0 Å². The predicted molar refractivity (Wildman–Crippen MR) is 118 cm³/mol. The molecular formula is C23H25F4N5O. The Kier molecular flexibility index (Phi) is 5.81. The van der Waals surface area contributed by atoms with Crippen LogP contribution >= 0.6 is 0 Å². The summed E-state index contributed by atoms with van der Waals surface area (Å²) < 4.78 is 55.0. The van der Waals surface area contributed by atoms with Gasteiger partial charge >= 0.3 is 6.18 Å². The van der Waals surface area contributed by atoms with Crippen LogP contribution in [0, 0.1) is 5.82 Å². The molecule has 1 saturated carbocycles. The van der Waals surface area contributed by atoms with Gasteiger partial charge in [-0.15, -0.1) is 0 Å². The molecule has 0 amide bonds. The summed E-state index contributed by atoms with van der Waals surface area (Å²) in [5.41, 5.74) is 5.05. The van der Waals surface area contributed by atoms with E-state index in [1.807, 2.05) is 0 Å². The highest BCUT2D eigenvalue weighted by Gasteiger charge is 2.40. The number of alkyl halides is 3. The summed E-state index contributed by atoms with van der Waals surface area (Å²) in [6, 6.07) is 9.15. The van der Waals surface area contributed by atoms with Crippen LogP contribution in [0.25, 0.3) is 5.65 Å². The Labute approximate surface area is 188 Å². The second-order valence-electron chi connectivity index (χ2n) is 8.73. The highest BCUT2D eigenvalue weighted by atomic mass is 19.4. The smallest absolute Gasteiger partial charge is 0.378 e. The van der Waals surface area contributed by atoms with E-state index in [0.717, 1.165) is 6.20 Å². The van der Waals surface area contributed by atoms with Gasteiger partial charge in [0.25, 0.3) is 0 Å². The molecule has 2 aromatic heterocycles. The number of nitrogens with one attached hydrogen (secondary N) is 1. The van der Waals surface area contributed by atoms with Crippen molar-refractivity contribution in [2.75, 3.05) is 24.3 Å². The maximum Gasteiger partial charge on any atom is 0.434 e. The number of rotatable bonds is 5. The van der Waals surface area contributed by atoms with Crippen LogP contribution in [0.1, 0.15) is 41.7 Å². The van der Waals surface area contributed by atoms with Gasteiger partial charge in [0.05, 0.1) is 11.1 Å². The third-order valence-electron chi connectivity index (χ3n) is 6.18. The van der Waals surface area contributed by atoms with E-state index in [4.69, 9.17) is 5.73 Å². The summed E-state index contributed by atoms with van der Waals surface area (Å²) in [7, 11) is 3.56. The van der Waals surface area contributed by atoms with Gasteiger partial charge in [-0.2, -0.15) is 13.2 Å². The van der Waals surface area contributed by atoms with Crippen LogP contribution in [0.4, 0.5) is 29.1 Å². The van der Waals surface area contributed by atoms with E-state index in [9.17, 15) is 22.4 Å². The molecule has 33 heavy (non-hydrogen) atoms. The van der Waals surface area contributed by atoms with Crippen molar-refractivity contribution in [3.63, 3.8) is 0 Å². The van der Waals surface area contributed by atoms with E-state index in [2.05, 4.69) is 10.3 Å². The number of anilines is 2. The monoisotopic (exact) mass is 463 g/mol. The van der Waals surface area contributed by atoms with Gasteiger partial charge in [0.15, 0.2) is 11.5 Å². The fourth-order valence-electron chi connectivity index (χ4n) is 4.21. The van der Waals surface area contributed by atoms with Gasteiger partial charge in [0, 0.05) is 32.0 Å². The molecule has 1 aliphatic rings. The number of Topliss-reactive ketones (excluding diaryl/α,β-unsaturated/α-hetero) is 1. The van der Waals surface area contributed by atoms with Crippen molar-refractivity contribution in [3.8, 4) is 0 Å². The van der Waals surface area contributed by atoms with E-state index in [0.29, 0.717) is 37.2 Å². The first-order chi connectivity index (χ1) is 15.5. The van der Waals surface area contributed by atoms with Crippen LogP contribution in [0.15, 0.2) is 42.6 Å². The number of nitrogens with two attached hydrogens (primary N) is 1. The zero-order valence-electron chi connectivity index (χ0n) is 18.3. The van der Waals surface area contributed by atoms with Gasteiger partial charge in [-0.05, 0) is 56.0 Å². The third kappa shape index (κ3) is 4.52. The molecule has 0 atom stereocenters. The molecule has 2 heterocycles. The van der Waals surface area contributed by atoms with Crippen LogP contribution in [0.3, 0.4) is 0 Å². The Balaban J connectivity index is 1.47. The Bertz CT molecular complexity index is 1180. The van der Waals surface area contributed by atoms with Crippen molar-refractivity contribution in [3.05, 3.63) is 59.7 Å². The number of ketones is 1. The number of carbonyl (C=O) groups excluding carboxylic acids is 1. The minimum Gasteiger partial charge on any atom is -0.378 e. The zero-order chi connectivity index (χ0) is 24.0. The maximum atomic E-state index is 14.6. The van der Waals surface area contributed by atoms with Crippen molar-refractivity contribution in [1.29, 1.82) is 0 Å². The van der Waals surface area contributed by atoms with E-state index in [-0.39, 0.29) is 17.3 Å². The number of pyridine rings is 1. The lowest BCUT2D eigenvalue weighted by molar-refractivity contribution is -0.140. The molecule has 0 radical (unpaired) electrons. The number of imidazole rings is 1. The van der Waals surface area contributed by atoms with Crippen molar-refractivity contribution >= 4 is 22.9 Å². The summed E-state index contributed by atoms with van der Waals surface area (Å²) in [6.07, 6.45) is -1.91. The summed E-state index contributed by atoms with van der Waals surface area (Å²) >= 11 is 0. The van der Waals surface area contributed by atoms with Gasteiger partial charge in [0.2, 0.25) is 0 Å². The van der Waals surface area contributed by atoms with Crippen LogP contribution in [0.5, 0.6) is 0 Å². The molecule has 1 fully saturated rings.